The van der Waals surface area contributed by atoms with Gasteiger partial charge in [0, 0.05) is 11.6 Å². The van der Waals surface area contributed by atoms with Gasteiger partial charge in [0.05, 0.1) is 17.6 Å². The minimum atomic E-state index is -1.57. The first kappa shape index (κ1) is 15.3. The van der Waals surface area contributed by atoms with E-state index in [0.29, 0.717) is 0 Å². The van der Waals surface area contributed by atoms with Crippen LogP contribution in [-0.2, 0) is 4.79 Å². The van der Waals surface area contributed by atoms with E-state index < -0.39 is 23.9 Å². The highest BCUT2D eigenvalue weighted by atomic mass is 35.5. The first-order valence-corrected chi connectivity index (χ1v) is 5.80. The quantitative estimate of drug-likeness (QED) is 0.646. The Morgan fingerprint density at radius 1 is 1.42 bits per heavy atom. The zero-order valence-electron chi connectivity index (χ0n) is 10.2. The maximum Gasteiger partial charge on any atom is 0.306 e. The lowest BCUT2D eigenvalue weighted by molar-refractivity contribution is -0.141. The number of benzene rings is 1. The summed E-state index contributed by atoms with van der Waals surface area (Å²) in [5, 5.41) is 30.5. The van der Waals surface area contributed by atoms with Crippen LogP contribution < -0.4 is 5.32 Å². The number of hydrogen-bond donors (Lipinski definition) is 4. The lowest BCUT2D eigenvalue weighted by atomic mass is 10.0. The molecule has 0 heterocycles. The predicted octanol–water partition coefficient (Wildman–Crippen LogP) is 1.00. The first-order valence-electron chi connectivity index (χ1n) is 5.42. The number of aliphatic hydroxyl groups is 1. The van der Waals surface area contributed by atoms with Gasteiger partial charge in [-0.15, -0.1) is 0 Å². The largest absolute Gasteiger partial charge is 0.507 e. The summed E-state index contributed by atoms with van der Waals surface area (Å²) in [6.45, 7) is 1.04. The van der Waals surface area contributed by atoms with Crippen LogP contribution in [0.15, 0.2) is 18.2 Å². The maximum absolute atomic E-state index is 11.7. The molecule has 0 bridgehead atoms. The molecule has 0 saturated heterocycles. The van der Waals surface area contributed by atoms with Gasteiger partial charge in [-0.2, -0.15) is 0 Å². The molecule has 0 aliphatic carbocycles. The minimum absolute atomic E-state index is 0.00414. The van der Waals surface area contributed by atoms with Crippen molar-refractivity contribution in [1.82, 2.24) is 5.32 Å². The van der Waals surface area contributed by atoms with Gasteiger partial charge in [0.1, 0.15) is 5.75 Å². The van der Waals surface area contributed by atoms with Crippen LogP contribution in [0.25, 0.3) is 0 Å². The lowest BCUT2D eigenvalue weighted by Gasteiger charge is -2.21. The van der Waals surface area contributed by atoms with Crippen molar-refractivity contribution in [3.05, 3.63) is 28.8 Å². The highest BCUT2D eigenvalue weighted by Crippen LogP contribution is 2.21. The van der Waals surface area contributed by atoms with E-state index in [1.165, 1.54) is 25.1 Å². The summed E-state index contributed by atoms with van der Waals surface area (Å²) in [4.78, 5) is 22.2. The standard InChI is InChI=1S/C12H14ClNO5/c1-12(19,5-10(16)17)6-14-11(18)8-3-2-7(13)4-9(8)15/h2-4,15,19H,5-6H2,1H3,(H,14,18)(H,16,17). The fourth-order valence-corrected chi connectivity index (χ4v) is 1.62. The smallest absolute Gasteiger partial charge is 0.306 e. The van der Waals surface area contributed by atoms with Crippen molar-refractivity contribution in [2.24, 2.45) is 0 Å². The van der Waals surface area contributed by atoms with Crippen LogP contribution in [0, 0.1) is 0 Å². The molecule has 0 aliphatic heterocycles. The van der Waals surface area contributed by atoms with Crippen molar-refractivity contribution in [2.45, 2.75) is 18.9 Å². The van der Waals surface area contributed by atoms with Crippen molar-refractivity contribution < 1.29 is 24.9 Å². The molecule has 0 aliphatic rings. The molecule has 0 aromatic heterocycles. The van der Waals surface area contributed by atoms with Crippen molar-refractivity contribution in [2.75, 3.05) is 6.54 Å². The van der Waals surface area contributed by atoms with Crippen LogP contribution in [0.4, 0.5) is 0 Å². The SMILES string of the molecule is CC(O)(CNC(=O)c1ccc(Cl)cc1O)CC(=O)O. The van der Waals surface area contributed by atoms with E-state index in [0.717, 1.165) is 0 Å². The third kappa shape index (κ3) is 4.76. The number of hydrogen-bond acceptors (Lipinski definition) is 4. The number of amides is 1. The minimum Gasteiger partial charge on any atom is -0.507 e. The normalized spacial score (nSPS) is 13.6. The number of phenolic OH excluding ortho intramolecular Hbond substituents is 1. The van der Waals surface area contributed by atoms with Gasteiger partial charge in [-0.05, 0) is 25.1 Å². The Bertz CT molecular complexity index is 501. The van der Waals surface area contributed by atoms with E-state index in [9.17, 15) is 19.8 Å². The number of carboxylic acid groups (broad SMARTS) is 1. The average molecular weight is 288 g/mol. The lowest BCUT2D eigenvalue weighted by Crippen LogP contribution is -2.42. The van der Waals surface area contributed by atoms with Crippen LogP contribution in [0.1, 0.15) is 23.7 Å². The van der Waals surface area contributed by atoms with Gasteiger partial charge in [0.2, 0.25) is 0 Å². The van der Waals surface area contributed by atoms with Gasteiger partial charge < -0.3 is 20.6 Å². The first-order chi connectivity index (χ1) is 8.71. The van der Waals surface area contributed by atoms with E-state index in [2.05, 4.69) is 5.32 Å². The second kappa shape index (κ2) is 5.90. The molecule has 1 amide bonds. The van der Waals surface area contributed by atoms with Crippen LogP contribution in [-0.4, -0.2) is 39.3 Å². The number of carbonyl (C=O) groups excluding carboxylic acids is 1. The molecule has 0 saturated carbocycles. The Morgan fingerprint density at radius 3 is 2.58 bits per heavy atom. The molecule has 0 spiro atoms. The van der Waals surface area contributed by atoms with E-state index in [1.807, 2.05) is 0 Å². The van der Waals surface area contributed by atoms with Gasteiger partial charge >= 0.3 is 5.97 Å². The fraction of sp³-hybridized carbons (Fsp3) is 0.333. The Hall–Kier alpha value is -1.79. The van der Waals surface area contributed by atoms with Gasteiger partial charge in [0.15, 0.2) is 0 Å². The van der Waals surface area contributed by atoms with Crippen molar-refractivity contribution >= 4 is 23.5 Å². The molecule has 1 aromatic carbocycles. The number of carbonyl (C=O) groups is 2. The van der Waals surface area contributed by atoms with Crippen molar-refractivity contribution in [3.63, 3.8) is 0 Å². The van der Waals surface area contributed by atoms with Gasteiger partial charge in [0.25, 0.3) is 5.91 Å². The summed E-state index contributed by atoms with van der Waals surface area (Å²) in [5.74, 6) is -2.09. The highest BCUT2D eigenvalue weighted by Gasteiger charge is 2.25. The second-order valence-corrected chi connectivity index (χ2v) is 4.85. The zero-order chi connectivity index (χ0) is 14.6. The molecule has 104 valence electrons. The third-order valence-corrected chi connectivity index (χ3v) is 2.60. The third-order valence-electron chi connectivity index (χ3n) is 2.37. The zero-order valence-corrected chi connectivity index (χ0v) is 10.9. The molecule has 4 N–H and O–H groups in total. The summed E-state index contributed by atoms with van der Waals surface area (Å²) in [5.41, 5.74) is -1.57. The molecule has 19 heavy (non-hydrogen) atoms. The summed E-state index contributed by atoms with van der Waals surface area (Å²) in [7, 11) is 0. The highest BCUT2D eigenvalue weighted by molar-refractivity contribution is 6.30. The number of rotatable bonds is 5. The van der Waals surface area contributed by atoms with E-state index in [4.69, 9.17) is 16.7 Å². The predicted molar refractivity (Wildman–Crippen MR) is 68.3 cm³/mol. The maximum atomic E-state index is 11.7. The van der Waals surface area contributed by atoms with E-state index >= 15 is 0 Å². The van der Waals surface area contributed by atoms with Gasteiger partial charge in [-0.3, -0.25) is 9.59 Å². The van der Waals surface area contributed by atoms with E-state index in [1.54, 1.807) is 0 Å². The van der Waals surface area contributed by atoms with Crippen molar-refractivity contribution in [3.8, 4) is 5.75 Å². The molecule has 1 aromatic rings. The number of aromatic hydroxyl groups is 1. The van der Waals surface area contributed by atoms with Crippen LogP contribution >= 0.6 is 11.6 Å². The summed E-state index contributed by atoms with van der Waals surface area (Å²) < 4.78 is 0. The van der Waals surface area contributed by atoms with Gasteiger partial charge in [-0.1, -0.05) is 11.6 Å². The Kier molecular flexibility index (Phi) is 4.74. The van der Waals surface area contributed by atoms with Crippen molar-refractivity contribution in [1.29, 1.82) is 0 Å². The molecule has 1 rings (SSSR count). The molecule has 1 atom stereocenters. The number of phenols is 1. The second-order valence-electron chi connectivity index (χ2n) is 4.41. The summed E-state index contributed by atoms with van der Waals surface area (Å²) in [6.07, 6.45) is -0.500. The Labute approximate surface area is 114 Å². The monoisotopic (exact) mass is 287 g/mol. The summed E-state index contributed by atoms with van der Waals surface area (Å²) >= 11 is 5.63. The van der Waals surface area contributed by atoms with Crippen LogP contribution in [0.2, 0.25) is 5.02 Å². The molecule has 0 fully saturated rings. The average Bonchev–Trinajstić information content (AvgIpc) is 2.24. The molecule has 6 nitrogen and oxygen atoms in total. The molecule has 7 heteroatoms. The topological polar surface area (TPSA) is 107 Å². The number of carboxylic acids is 1. The number of nitrogens with one attached hydrogen (secondary N) is 1. The van der Waals surface area contributed by atoms with Crippen LogP contribution in [0.3, 0.4) is 0 Å². The number of halogens is 1. The molecular formula is C12H14ClNO5. The Morgan fingerprint density at radius 2 is 2.05 bits per heavy atom. The Balaban J connectivity index is 2.68. The van der Waals surface area contributed by atoms with E-state index in [-0.39, 0.29) is 22.9 Å². The number of aliphatic carboxylic acids is 1. The van der Waals surface area contributed by atoms with Gasteiger partial charge in [-0.25, -0.2) is 0 Å². The summed E-state index contributed by atoms with van der Waals surface area (Å²) in [6, 6.07) is 3.98. The molecule has 0 radical (unpaired) electrons. The fourth-order valence-electron chi connectivity index (χ4n) is 1.45. The molecule has 1 unspecified atom stereocenters. The van der Waals surface area contributed by atoms with Crippen LogP contribution in [0.5, 0.6) is 5.75 Å². The molecular weight excluding hydrogens is 274 g/mol.